The van der Waals surface area contributed by atoms with Crippen LogP contribution in [-0.4, -0.2) is 24.0 Å². The number of aryl methyl sites for hydroxylation is 1. The first-order valence-corrected chi connectivity index (χ1v) is 10.9. The van der Waals surface area contributed by atoms with E-state index < -0.39 is 12.3 Å². The molecule has 0 aliphatic heterocycles. The summed E-state index contributed by atoms with van der Waals surface area (Å²) in [6, 6.07) is 18.0. The lowest BCUT2D eigenvalue weighted by Crippen LogP contribution is -2.16. The molecule has 2 N–H and O–H groups in total. The minimum Gasteiger partial charge on any atom is -0.478 e. The zero-order valence-corrected chi connectivity index (χ0v) is 18.5. The summed E-state index contributed by atoms with van der Waals surface area (Å²) in [5.41, 5.74) is 2.19. The molecule has 0 saturated heterocycles. The molecular weight excluding hydrogens is 455 g/mol. The zero-order valence-electron chi connectivity index (χ0n) is 17.7. The number of alkyl halides is 3. The van der Waals surface area contributed by atoms with Crippen molar-refractivity contribution in [1.29, 1.82) is 0 Å². The Balaban J connectivity index is 1.46. The molecule has 3 aromatic carbocycles. The Morgan fingerprint density at radius 2 is 1.58 bits per heavy atom. The summed E-state index contributed by atoms with van der Waals surface area (Å²) in [6.07, 6.45) is -3.32. The molecule has 174 valence electrons. The van der Waals surface area contributed by atoms with E-state index in [2.05, 4.69) is 9.46 Å². The maximum absolute atomic E-state index is 12.2. The van der Waals surface area contributed by atoms with Gasteiger partial charge in [0, 0.05) is 11.4 Å². The number of carboxylic acids is 1. The molecule has 3 aromatic rings. The number of hydrogen-bond donors (Lipinski definition) is 2. The van der Waals surface area contributed by atoms with Gasteiger partial charge >= 0.3 is 12.3 Å². The van der Waals surface area contributed by atoms with Crippen LogP contribution in [0.4, 0.5) is 13.2 Å². The fourth-order valence-electron chi connectivity index (χ4n) is 3.03. The van der Waals surface area contributed by atoms with E-state index >= 15 is 0 Å². The number of carbonyl (C=O) groups is 1. The molecule has 0 unspecified atom stereocenters. The SMILES string of the molecule is CCc1ccc(SNCCc2ccc(Oc3ccc(OC(F)(F)F)cc3)cc2)cc1C(=O)O. The summed E-state index contributed by atoms with van der Waals surface area (Å²) >= 11 is 1.38. The molecule has 0 saturated carbocycles. The Morgan fingerprint density at radius 1 is 0.970 bits per heavy atom. The van der Waals surface area contributed by atoms with Gasteiger partial charge in [-0.3, -0.25) is 4.72 Å². The van der Waals surface area contributed by atoms with Gasteiger partial charge in [-0.15, -0.1) is 13.2 Å². The summed E-state index contributed by atoms with van der Waals surface area (Å²) in [5.74, 6) is -0.286. The van der Waals surface area contributed by atoms with Crippen LogP contribution in [0.1, 0.15) is 28.4 Å². The standard InChI is InChI=1S/C24H22F3NO4S/c1-2-17-5-12-21(15-22(17)23(29)30)33-28-14-13-16-3-6-18(7-4-16)31-19-8-10-20(11-9-19)32-24(25,26)27/h3-12,15,28H,2,13-14H2,1H3,(H,29,30). The lowest BCUT2D eigenvalue weighted by molar-refractivity contribution is -0.274. The highest BCUT2D eigenvalue weighted by atomic mass is 32.2. The van der Waals surface area contributed by atoms with Crippen molar-refractivity contribution in [3.63, 3.8) is 0 Å². The second-order valence-electron chi connectivity index (χ2n) is 6.99. The Hall–Kier alpha value is -3.17. The van der Waals surface area contributed by atoms with Gasteiger partial charge in [-0.25, -0.2) is 4.79 Å². The van der Waals surface area contributed by atoms with Crippen LogP contribution < -0.4 is 14.2 Å². The average molecular weight is 478 g/mol. The van der Waals surface area contributed by atoms with Gasteiger partial charge in [0.25, 0.3) is 0 Å². The number of halogens is 3. The fourth-order valence-corrected chi connectivity index (χ4v) is 3.71. The number of ether oxygens (including phenoxy) is 2. The quantitative estimate of drug-likeness (QED) is 0.257. The molecule has 5 nitrogen and oxygen atoms in total. The third-order valence-corrected chi connectivity index (χ3v) is 5.45. The summed E-state index contributed by atoms with van der Waals surface area (Å²) < 4.78 is 49.4. The van der Waals surface area contributed by atoms with Crippen LogP contribution in [0.25, 0.3) is 0 Å². The van der Waals surface area contributed by atoms with Gasteiger partial charge in [-0.05, 0) is 84.4 Å². The summed E-state index contributed by atoms with van der Waals surface area (Å²) in [5, 5.41) is 9.32. The van der Waals surface area contributed by atoms with Gasteiger partial charge in [0.05, 0.1) is 5.56 Å². The van der Waals surface area contributed by atoms with E-state index in [1.54, 1.807) is 18.2 Å². The van der Waals surface area contributed by atoms with Gasteiger partial charge in [-0.1, -0.05) is 25.1 Å². The Morgan fingerprint density at radius 3 is 2.15 bits per heavy atom. The predicted octanol–water partition coefficient (Wildman–Crippen LogP) is 6.48. The van der Waals surface area contributed by atoms with Crippen molar-refractivity contribution in [3.8, 4) is 17.2 Å². The van der Waals surface area contributed by atoms with Crippen molar-refractivity contribution >= 4 is 17.9 Å². The molecule has 0 amide bonds. The first-order valence-electron chi connectivity index (χ1n) is 10.1. The Kier molecular flexibility index (Phi) is 8.24. The van der Waals surface area contributed by atoms with Crippen LogP contribution in [0.2, 0.25) is 0 Å². The molecule has 0 aromatic heterocycles. The monoisotopic (exact) mass is 477 g/mol. The van der Waals surface area contributed by atoms with Crippen molar-refractivity contribution in [3.05, 3.63) is 83.4 Å². The van der Waals surface area contributed by atoms with Crippen LogP contribution in [0.15, 0.2) is 71.6 Å². The van der Waals surface area contributed by atoms with Crippen LogP contribution in [0.5, 0.6) is 17.2 Å². The van der Waals surface area contributed by atoms with Crippen LogP contribution >= 0.6 is 11.9 Å². The molecule has 0 fully saturated rings. The van der Waals surface area contributed by atoms with E-state index in [4.69, 9.17) is 4.74 Å². The Bertz CT molecular complexity index is 1070. The van der Waals surface area contributed by atoms with Crippen LogP contribution in [-0.2, 0) is 12.8 Å². The molecule has 9 heteroatoms. The van der Waals surface area contributed by atoms with Crippen LogP contribution in [0.3, 0.4) is 0 Å². The van der Waals surface area contributed by atoms with E-state index in [0.29, 0.717) is 30.0 Å². The number of nitrogens with one attached hydrogen (secondary N) is 1. The minimum atomic E-state index is -4.73. The third kappa shape index (κ3) is 7.73. The molecule has 0 radical (unpaired) electrons. The summed E-state index contributed by atoms with van der Waals surface area (Å²) in [7, 11) is 0. The average Bonchev–Trinajstić information content (AvgIpc) is 2.78. The maximum atomic E-state index is 12.2. The third-order valence-electron chi connectivity index (χ3n) is 4.61. The van der Waals surface area contributed by atoms with Gasteiger partial charge in [0.1, 0.15) is 17.2 Å². The van der Waals surface area contributed by atoms with Crippen molar-refractivity contribution < 1.29 is 32.5 Å². The van der Waals surface area contributed by atoms with Gasteiger partial charge in [0.15, 0.2) is 0 Å². The first-order chi connectivity index (χ1) is 15.7. The lowest BCUT2D eigenvalue weighted by atomic mass is 10.1. The van der Waals surface area contributed by atoms with E-state index in [9.17, 15) is 23.1 Å². The van der Waals surface area contributed by atoms with Gasteiger partial charge in [0.2, 0.25) is 0 Å². The highest BCUT2D eigenvalue weighted by molar-refractivity contribution is 7.97. The number of aromatic carboxylic acids is 1. The molecule has 0 aliphatic rings. The normalized spacial score (nSPS) is 11.3. The molecule has 0 spiro atoms. The van der Waals surface area contributed by atoms with E-state index in [1.165, 1.54) is 36.2 Å². The molecule has 0 atom stereocenters. The smallest absolute Gasteiger partial charge is 0.478 e. The largest absolute Gasteiger partial charge is 0.573 e. The van der Waals surface area contributed by atoms with Crippen LogP contribution in [0, 0.1) is 0 Å². The molecule has 0 aliphatic carbocycles. The van der Waals surface area contributed by atoms with Crippen molar-refractivity contribution in [2.45, 2.75) is 31.0 Å². The maximum Gasteiger partial charge on any atom is 0.573 e. The second-order valence-corrected chi connectivity index (χ2v) is 7.95. The van der Waals surface area contributed by atoms with Crippen molar-refractivity contribution in [2.24, 2.45) is 0 Å². The van der Waals surface area contributed by atoms with E-state index in [1.807, 2.05) is 31.2 Å². The second kappa shape index (κ2) is 11.1. The zero-order chi connectivity index (χ0) is 23.8. The van der Waals surface area contributed by atoms with Crippen molar-refractivity contribution in [1.82, 2.24) is 4.72 Å². The minimum absolute atomic E-state index is 0.309. The Labute approximate surface area is 193 Å². The lowest BCUT2D eigenvalue weighted by Gasteiger charge is -2.10. The predicted molar refractivity (Wildman–Crippen MR) is 120 cm³/mol. The molecule has 0 bridgehead atoms. The summed E-state index contributed by atoms with van der Waals surface area (Å²) in [6.45, 7) is 2.59. The molecule has 3 rings (SSSR count). The number of carboxylic acid groups (broad SMARTS) is 1. The molecule has 33 heavy (non-hydrogen) atoms. The topological polar surface area (TPSA) is 67.8 Å². The highest BCUT2D eigenvalue weighted by Gasteiger charge is 2.31. The van der Waals surface area contributed by atoms with Gasteiger partial charge in [-0.2, -0.15) is 0 Å². The van der Waals surface area contributed by atoms with Crippen molar-refractivity contribution in [2.75, 3.05) is 6.54 Å². The van der Waals surface area contributed by atoms with Gasteiger partial charge < -0.3 is 14.6 Å². The highest BCUT2D eigenvalue weighted by Crippen LogP contribution is 2.27. The number of rotatable bonds is 10. The number of benzene rings is 3. The molecule has 0 heterocycles. The molecular formula is C24H22F3NO4S. The summed E-state index contributed by atoms with van der Waals surface area (Å²) in [4.78, 5) is 12.2. The van der Waals surface area contributed by atoms with E-state index in [-0.39, 0.29) is 5.75 Å². The first kappa shape index (κ1) is 24.5. The number of hydrogen-bond acceptors (Lipinski definition) is 5. The van der Waals surface area contributed by atoms with E-state index in [0.717, 1.165) is 22.4 Å². The fraction of sp³-hybridized carbons (Fsp3) is 0.208.